The van der Waals surface area contributed by atoms with Crippen molar-refractivity contribution in [3.63, 3.8) is 0 Å². The molecule has 20 heavy (non-hydrogen) atoms. The Morgan fingerprint density at radius 1 is 1.15 bits per heavy atom. The van der Waals surface area contributed by atoms with Gasteiger partial charge in [-0.05, 0) is 50.6 Å². The van der Waals surface area contributed by atoms with Crippen molar-refractivity contribution in [2.45, 2.75) is 33.7 Å². The van der Waals surface area contributed by atoms with Gasteiger partial charge in [0.15, 0.2) is 0 Å². The van der Waals surface area contributed by atoms with Crippen LogP contribution in [0.3, 0.4) is 0 Å². The molecule has 4 heteroatoms. The molecule has 1 aromatic heterocycles. The monoisotopic (exact) mass is 271 g/mol. The maximum Gasteiger partial charge on any atom is 0.221 e. The van der Waals surface area contributed by atoms with E-state index in [0.717, 1.165) is 11.3 Å². The molecule has 2 N–H and O–H groups in total. The van der Waals surface area contributed by atoms with Gasteiger partial charge in [0.05, 0.1) is 6.04 Å². The largest absolute Gasteiger partial charge is 0.326 e. The topological polar surface area (TPSA) is 46.1 Å². The molecule has 0 aliphatic heterocycles. The highest BCUT2D eigenvalue weighted by molar-refractivity contribution is 5.88. The average Bonchev–Trinajstić information content (AvgIpc) is 2.70. The number of carbonyl (C=O) groups excluding carboxylic acids is 1. The zero-order chi connectivity index (χ0) is 14.7. The van der Waals surface area contributed by atoms with E-state index in [2.05, 4.69) is 54.4 Å². The van der Waals surface area contributed by atoms with E-state index in [0.29, 0.717) is 0 Å². The van der Waals surface area contributed by atoms with Crippen LogP contribution in [0.15, 0.2) is 36.4 Å². The summed E-state index contributed by atoms with van der Waals surface area (Å²) < 4.78 is 2.08. The first kappa shape index (κ1) is 14.2. The molecule has 0 aliphatic rings. The Kier molecular flexibility index (Phi) is 4.13. The zero-order valence-electron chi connectivity index (χ0n) is 12.4. The number of anilines is 1. The number of aryl methyl sites for hydroxylation is 2. The lowest BCUT2D eigenvalue weighted by molar-refractivity contribution is -0.114. The normalized spacial score (nSPS) is 12.0. The third-order valence-corrected chi connectivity index (χ3v) is 3.30. The summed E-state index contributed by atoms with van der Waals surface area (Å²) >= 11 is 0. The number of nitrogens with zero attached hydrogens (tertiary/aromatic N) is 1. The Morgan fingerprint density at radius 2 is 1.80 bits per heavy atom. The van der Waals surface area contributed by atoms with E-state index in [1.807, 2.05) is 18.2 Å². The minimum Gasteiger partial charge on any atom is -0.326 e. The Labute approximate surface area is 119 Å². The van der Waals surface area contributed by atoms with E-state index in [1.54, 1.807) is 0 Å². The highest BCUT2D eigenvalue weighted by atomic mass is 16.1. The van der Waals surface area contributed by atoms with Crippen molar-refractivity contribution >= 4 is 11.6 Å². The number of rotatable bonds is 4. The molecule has 1 amide bonds. The Hall–Kier alpha value is -2.23. The van der Waals surface area contributed by atoms with Crippen LogP contribution >= 0.6 is 0 Å². The van der Waals surface area contributed by atoms with Crippen LogP contribution in [-0.4, -0.2) is 10.6 Å². The summed E-state index contributed by atoms with van der Waals surface area (Å²) in [5.74, 6) is -0.0557. The number of aromatic nitrogens is 1. The molecular formula is C16H21N3O. The zero-order valence-corrected chi connectivity index (χ0v) is 12.4. The Morgan fingerprint density at radius 3 is 2.40 bits per heavy atom. The van der Waals surface area contributed by atoms with Crippen LogP contribution < -0.4 is 10.7 Å². The third kappa shape index (κ3) is 3.20. The lowest BCUT2D eigenvalue weighted by Gasteiger charge is -2.20. The predicted octanol–water partition coefficient (Wildman–Crippen LogP) is 3.37. The van der Waals surface area contributed by atoms with E-state index in [9.17, 15) is 4.79 Å². The van der Waals surface area contributed by atoms with Crippen LogP contribution in [0.25, 0.3) is 0 Å². The van der Waals surface area contributed by atoms with Crippen molar-refractivity contribution in [1.29, 1.82) is 0 Å². The summed E-state index contributed by atoms with van der Waals surface area (Å²) in [6.45, 7) is 7.76. The van der Waals surface area contributed by atoms with E-state index >= 15 is 0 Å². The summed E-state index contributed by atoms with van der Waals surface area (Å²) in [5.41, 5.74) is 7.76. The first-order chi connectivity index (χ1) is 9.47. The standard InChI is InChI=1S/C16H21N3O/c1-11-8-9-12(2)19(11)18-13(3)15-6-5-7-16(10-15)17-14(4)20/h5-10,13,18H,1-4H3,(H,17,20). The number of hydrogen-bond donors (Lipinski definition) is 2. The average molecular weight is 271 g/mol. The fourth-order valence-electron chi connectivity index (χ4n) is 2.23. The first-order valence-electron chi connectivity index (χ1n) is 6.76. The summed E-state index contributed by atoms with van der Waals surface area (Å²) in [7, 11) is 0. The van der Waals surface area contributed by atoms with E-state index in [4.69, 9.17) is 0 Å². The molecule has 1 atom stereocenters. The lowest BCUT2D eigenvalue weighted by atomic mass is 10.1. The number of amides is 1. The fourth-order valence-corrected chi connectivity index (χ4v) is 2.23. The highest BCUT2D eigenvalue weighted by Gasteiger charge is 2.08. The van der Waals surface area contributed by atoms with Gasteiger partial charge in [-0.15, -0.1) is 0 Å². The molecular weight excluding hydrogens is 250 g/mol. The van der Waals surface area contributed by atoms with E-state index < -0.39 is 0 Å². The molecule has 0 saturated carbocycles. The van der Waals surface area contributed by atoms with Gasteiger partial charge in [0.25, 0.3) is 0 Å². The van der Waals surface area contributed by atoms with Gasteiger partial charge in [-0.2, -0.15) is 0 Å². The van der Waals surface area contributed by atoms with Crippen molar-refractivity contribution in [2.75, 3.05) is 10.7 Å². The lowest BCUT2D eigenvalue weighted by Crippen LogP contribution is -2.21. The summed E-state index contributed by atoms with van der Waals surface area (Å²) in [6, 6.07) is 12.2. The van der Waals surface area contributed by atoms with Gasteiger partial charge < -0.3 is 10.7 Å². The molecule has 0 fully saturated rings. The number of nitrogens with one attached hydrogen (secondary N) is 2. The molecule has 2 aromatic rings. The highest BCUT2D eigenvalue weighted by Crippen LogP contribution is 2.19. The molecule has 0 aliphatic carbocycles. The van der Waals surface area contributed by atoms with Gasteiger partial charge in [-0.1, -0.05) is 12.1 Å². The Bertz CT molecular complexity index is 596. The fraction of sp³-hybridized carbons (Fsp3) is 0.312. The predicted molar refractivity (Wildman–Crippen MR) is 82.4 cm³/mol. The molecule has 0 saturated heterocycles. The Balaban J connectivity index is 2.17. The number of benzene rings is 1. The number of hydrogen-bond acceptors (Lipinski definition) is 2. The molecule has 1 heterocycles. The van der Waals surface area contributed by atoms with Gasteiger partial charge in [0.1, 0.15) is 0 Å². The molecule has 4 nitrogen and oxygen atoms in total. The van der Waals surface area contributed by atoms with Crippen LogP contribution in [0.5, 0.6) is 0 Å². The van der Waals surface area contributed by atoms with Crippen molar-refractivity contribution in [2.24, 2.45) is 0 Å². The minimum absolute atomic E-state index is 0.0557. The minimum atomic E-state index is -0.0557. The van der Waals surface area contributed by atoms with Crippen molar-refractivity contribution < 1.29 is 4.79 Å². The third-order valence-electron chi connectivity index (χ3n) is 3.30. The van der Waals surface area contributed by atoms with Crippen LogP contribution in [-0.2, 0) is 4.79 Å². The maximum atomic E-state index is 11.1. The van der Waals surface area contributed by atoms with Gasteiger partial charge in [-0.25, -0.2) is 0 Å². The molecule has 1 aromatic carbocycles. The van der Waals surface area contributed by atoms with Crippen molar-refractivity contribution in [3.05, 3.63) is 53.3 Å². The van der Waals surface area contributed by atoms with Crippen LogP contribution in [0.1, 0.15) is 36.8 Å². The number of carbonyl (C=O) groups is 1. The quantitative estimate of drug-likeness (QED) is 0.895. The molecule has 106 valence electrons. The van der Waals surface area contributed by atoms with Crippen molar-refractivity contribution in [1.82, 2.24) is 4.68 Å². The van der Waals surface area contributed by atoms with Gasteiger partial charge >= 0.3 is 0 Å². The second kappa shape index (κ2) is 5.82. The molecule has 2 rings (SSSR count). The summed E-state index contributed by atoms with van der Waals surface area (Å²) in [5, 5.41) is 2.81. The second-order valence-corrected chi connectivity index (χ2v) is 5.11. The van der Waals surface area contributed by atoms with Crippen LogP contribution in [0, 0.1) is 13.8 Å². The van der Waals surface area contributed by atoms with Crippen LogP contribution in [0.2, 0.25) is 0 Å². The van der Waals surface area contributed by atoms with Crippen molar-refractivity contribution in [3.8, 4) is 0 Å². The van der Waals surface area contributed by atoms with E-state index in [-0.39, 0.29) is 11.9 Å². The SMILES string of the molecule is CC(=O)Nc1cccc(C(C)Nn2c(C)ccc2C)c1. The molecule has 0 bridgehead atoms. The molecule has 0 radical (unpaired) electrons. The maximum absolute atomic E-state index is 11.1. The van der Waals surface area contributed by atoms with E-state index in [1.165, 1.54) is 18.3 Å². The summed E-state index contributed by atoms with van der Waals surface area (Å²) in [4.78, 5) is 11.1. The van der Waals surface area contributed by atoms with Crippen LogP contribution in [0.4, 0.5) is 5.69 Å². The molecule has 1 unspecified atom stereocenters. The summed E-state index contributed by atoms with van der Waals surface area (Å²) in [6.07, 6.45) is 0. The smallest absolute Gasteiger partial charge is 0.221 e. The van der Waals surface area contributed by atoms with Gasteiger partial charge in [0, 0.05) is 24.0 Å². The van der Waals surface area contributed by atoms with Gasteiger partial charge in [-0.3, -0.25) is 9.47 Å². The van der Waals surface area contributed by atoms with Gasteiger partial charge in [0.2, 0.25) is 5.91 Å². The second-order valence-electron chi connectivity index (χ2n) is 5.11. The molecule has 0 spiro atoms. The first-order valence-corrected chi connectivity index (χ1v) is 6.76.